The molecule has 1 aromatic carbocycles. The van der Waals surface area contributed by atoms with Gasteiger partial charge < -0.3 is 20.4 Å². The number of aliphatic hydroxyl groups excluding tert-OH is 2. The highest BCUT2D eigenvalue weighted by atomic mass is 16.3. The summed E-state index contributed by atoms with van der Waals surface area (Å²) in [5.41, 5.74) is 5.99. The molecule has 1 aromatic heterocycles. The van der Waals surface area contributed by atoms with Crippen molar-refractivity contribution >= 4 is 16.9 Å². The molecule has 0 aliphatic heterocycles. The molecule has 5 heteroatoms. The van der Waals surface area contributed by atoms with Crippen LogP contribution in [0, 0.1) is 0 Å². The quantitative estimate of drug-likeness (QED) is 0.695. The number of aliphatic hydroxyl groups is 2. The molecule has 2 aromatic rings. The van der Waals surface area contributed by atoms with Crippen molar-refractivity contribution in [2.45, 2.75) is 12.2 Å². The van der Waals surface area contributed by atoms with Crippen molar-refractivity contribution in [3.8, 4) is 0 Å². The number of primary amides is 1. The molecule has 4 N–H and O–H groups in total. The Morgan fingerprint density at radius 1 is 1.31 bits per heavy atom. The first-order chi connectivity index (χ1) is 7.59. The Morgan fingerprint density at radius 3 is 2.75 bits per heavy atom. The molecule has 0 saturated carbocycles. The third-order valence-corrected chi connectivity index (χ3v) is 2.41. The lowest BCUT2D eigenvalue weighted by molar-refractivity contribution is -0.131. The summed E-state index contributed by atoms with van der Waals surface area (Å²) in [4.78, 5) is 10.7. The molecule has 2 unspecified atom stereocenters. The van der Waals surface area contributed by atoms with E-state index in [1.165, 1.54) is 6.26 Å². The molecule has 2 rings (SSSR count). The number of carbonyl (C=O) groups excluding carboxylic acids is 1. The minimum atomic E-state index is -1.61. The van der Waals surface area contributed by atoms with Crippen LogP contribution in [0.5, 0.6) is 0 Å². The van der Waals surface area contributed by atoms with E-state index < -0.39 is 18.1 Å². The predicted molar refractivity (Wildman–Crippen MR) is 56.4 cm³/mol. The van der Waals surface area contributed by atoms with E-state index in [0.29, 0.717) is 11.1 Å². The fraction of sp³-hybridized carbons (Fsp3) is 0.182. The average molecular weight is 221 g/mol. The molecule has 5 nitrogen and oxygen atoms in total. The molecule has 2 atom stereocenters. The highest BCUT2D eigenvalue weighted by molar-refractivity contribution is 5.81. The summed E-state index contributed by atoms with van der Waals surface area (Å²) in [6.07, 6.45) is -1.41. The molecule has 1 heterocycles. The van der Waals surface area contributed by atoms with Crippen LogP contribution in [0.2, 0.25) is 0 Å². The molecule has 0 fully saturated rings. The number of benzene rings is 1. The van der Waals surface area contributed by atoms with Gasteiger partial charge in [0, 0.05) is 5.39 Å². The van der Waals surface area contributed by atoms with E-state index >= 15 is 0 Å². The first-order valence-electron chi connectivity index (χ1n) is 4.72. The summed E-state index contributed by atoms with van der Waals surface area (Å²) in [5.74, 6) is -0.959. The summed E-state index contributed by atoms with van der Waals surface area (Å²) < 4.78 is 5.12. The van der Waals surface area contributed by atoms with Crippen LogP contribution in [-0.2, 0) is 4.79 Å². The van der Waals surface area contributed by atoms with Crippen LogP contribution in [0.15, 0.2) is 34.9 Å². The molecule has 0 aliphatic rings. The molecular weight excluding hydrogens is 210 g/mol. The number of nitrogens with two attached hydrogens (primary N) is 1. The van der Waals surface area contributed by atoms with Crippen LogP contribution in [0.3, 0.4) is 0 Å². The summed E-state index contributed by atoms with van der Waals surface area (Å²) in [5, 5.41) is 19.8. The van der Waals surface area contributed by atoms with E-state index in [-0.39, 0.29) is 0 Å². The molecule has 0 spiro atoms. The van der Waals surface area contributed by atoms with Crippen LogP contribution < -0.4 is 5.73 Å². The number of carbonyl (C=O) groups is 1. The van der Waals surface area contributed by atoms with Gasteiger partial charge in [-0.05, 0) is 23.8 Å². The highest BCUT2D eigenvalue weighted by Crippen LogP contribution is 2.23. The molecule has 0 radical (unpaired) electrons. The molecule has 1 amide bonds. The van der Waals surface area contributed by atoms with Crippen molar-refractivity contribution in [1.29, 1.82) is 0 Å². The zero-order valence-corrected chi connectivity index (χ0v) is 8.33. The van der Waals surface area contributed by atoms with Crippen LogP contribution in [0.25, 0.3) is 11.0 Å². The van der Waals surface area contributed by atoms with E-state index in [0.717, 1.165) is 5.39 Å². The SMILES string of the molecule is NC(=O)C(O)C(O)c1ccc2occc2c1. The number of fused-ring (bicyclic) bond motifs is 1. The molecule has 84 valence electrons. The van der Waals surface area contributed by atoms with Gasteiger partial charge in [-0.3, -0.25) is 4.79 Å². The topological polar surface area (TPSA) is 96.7 Å². The first-order valence-corrected chi connectivity index (χ1v) is 4.72. The van der Waals surface area contributed by atoms with E-state index in [9.17, 15) is 15.0 Å². The maximum Gasteiger partial charge on any atom is 0.249 e. The van der Waals surface area contributed by atoms with Gasteiger partial charge in [-0.1, -0.05) is 6.07 Å². The fourth-order valence-electron chi connectivity index (χ4n) is 1.51. The first kappa shape index (κ1) is 10.7. The molecule has 0 bridgehead atoms. The van der Waals surface area contributed by atoms with Crippen molar-refractivity contribution in [3.63, 3.8) is 0 Å². The second kappa shape index (κ2) is 3.96. The standard InChI is InChI=1S/C11H11NO4/c12-11(15)10(14)9(13)7-1-2-8-6(5-7)3-4-16-8/h1-5,9-10,13-14H,(H2,12,15). The third-order valence-electron chi connectivity index (χ3n) is 2.41. The smallest absolute Gasteiger partial charge is 0.249 e. The number of furan rings is 1. The van der Waals surface area contributed by atoms with Gasteiger partial charge in [0.25, 0.3) is 0 Å². The van der Waals surface area contributed by atoms with E-state index in [2.05, 4.69) is 0 Å². The maximum absolute atomic E-state index is 10.7. The lowest BCUT2D eigenvalue weighted by Crippen LogP contribution is -2.33. The molecular formula is C11H11NO4. The maximum atomic E-state index is 10.7. The lowest BCUT2D eigenvalue weighted by atomic mass is 10.0. The Balaban J connectivity index is 2.35. The van der Waals surface area contributed by atoms with Crippen molar-refractivity contribution in [2.75, 3.05) is 0 Å². The van der Waals surface area contributed by atoms with E-state index in [1.54, 1.807) is 24.3 Å². The van der Waals surface area contributed by atoms with E-state index in [4.69, 9.17) is 10.2 Å². The normalized spacial score (nSPS) is 14.9. The molecule has 0 aliphatic carbocycles. The number of hydrogen-bond acceptors (Lipinski definition) is 4. The molecule has 16 heavy (non-hydrogen) atoms. The van der Waals surface area contributed by atoms with Crippen molar-refractivity contribution in [1.82, 2.24) is 0 Å². The highest BCUT2D eigenvalue weighted by Gasteiger charge is 2.23. The Bertz CT molecular complexity index is 519. The Kier molecular flexibility index (Phi) is 2.64. The summed E-state index contributed by atoms with van der Waals surface area (Å²) in [6, 6.07) is 6.59. The van der Waals surface area contributed by atoms with Crippen molar-refractivity contribution < 1.29 is 19.4 Å². The number of amides is 1. The second-order valence-electron chi connectivity index (χ2n) is 3.51. The van der Waals surface area contributed by atoms with Crippen LogP contribution in [-0.4, -0.2) is 22.2 Å². The van der Waals surface area contributed by atoms with Gasteiger partial charge >= 0.3 is 0 Å². The van der Waals surface area contributed by atoms with Gasteiger partial charge in [-0.25, -0.2) is 0 Å². The Labute approximate surface area is 91.1 Å². The minimum absolute atomic E-state index is 0.417. The van der Waals surface area contributed by atoms with Gasteiger partial charge in [0.15, 0.2) is 6.10 Å². The molecule has 0 saturated heterocycles. The minimum Gasteiger partial charge on any atom is -0.464 e. The van der Waals surface area contributed by atoms with Gasteiger partial charge in [-0.15, -0.1) is 0 Å². The number of rotatable bonds is 3. The van der Waals surface area contributed by atoms with Crippen molar-refractivity contribution in [2.24, 2.45) is 5.73 Å². The summed E-state index contributed by atoms with van der Waals surface area (Å²) in [6.45, 7) is 0. The zero-order chi connectivity index (χ0) is 11.7. The summed E-state index contributed by atoms with van der Waals surface area (Å²) >= 11 is 0. The van der Waals surface area contributed by atoms with Crippen molar-refractivity contribution in [3.05, 3.63) is 36.1 Å². The average Bonchev–Trinajstić information content (AvgIpc) is 2.73. The van der Waals surface area contributed by atoms with Crippen LogP contribution in [0.4, 0.5) is 0 Å². The Morgan fingerprint density at radius 2 is 2.06 bits per heavy atom. The second-order valence-corrected chi connectivity index (χ2v) is 3.51. The monoisotopic (exact) mass is 221 g/mol. The van der Waals surface area contributed by atoms with E-state index in [1.807, 2.05) is 0 Å². The Hall–Kier alpha value is -1.85. The van der Waals surface area contributed by atoms with Gasteiger partial charge in [0.1, 0.15) is 11.7 Å². The predicted octanol–water partition coefficient (Wildman–Crippen LogP) is 0.312. The fourth-order valence-corrected chi connectivity index (χ4v) is 1.51. The lowest BCUT2D eigenvalue weighted by Gasteiger charge is -2.14. The van der Waals surface area contributed by atoms with Gasteiger partial charge in [-0.2, -0.15) is 0 Å². The van der Waals surface area contributed by atoms with Gasteiger partial charge in [0.2, 0.25) is 5.91 Å². The number of hydrogen-bond donors (Lipinski definition) is 3. The largest absolute Gasteiger partial charge is 0.464 e. The third kappa shape index (κ3) is 1.78. The van der Waals surface area contributed by atoms with Gasteiger partial charge in [0.05, 0.1) is 6.26 Å². The zero-order valence-electron chi connectivity index (χ0n) is 8.33. The summed E-state index contributed by atoms with van der Waals surface area (Å²) in [7, 11) is 0. The van der Waals surface area contributed by atoms with Crippen LogP contribution >= 0.6 is 0 Å². The van der Waals surface area contributed by atoms with Crippen LogP contribution in [0.1, 0.15) is 11.7 Å².